The van der Waals surface area contributed by atoms with Crippen molar-refractivity contribution in [1.82, 2.24) is 14.9 Å². The molecule has 1 saturated carbocycles. The Kier molecular flexibility index (Phi) is 7.31. The summed E-state index contributed by atoms with van der Waals surface area (Å²) in [4.78, 5) is 60.9. The van der Waals surface area contributed by atoms with Gasteiger partial charge in [0.1, 0.15) is 23.5 Å². The van der Waals surface area contributed by atoms with E-state index in [9.17, 15) is 19.2 Å². The van der Waals surface area contributed by atoms with E-state index >= 15 is 0 Å². The summed E-state index contributed by atoms with van der Waals surface area (Å²) in [6.07, 6.45) is 5.60. The van der Waals surface area contributed by atoms with Gasteiger partial charge in [-0.05, 0) is 49.9 Å². The van der Waals surface area contributed by atoms with E-state index in [0.717, 1.165) is 0 Å². The monoisotopic (exact) mass is 521 g/mol. The Labute approximate surface area is 217 Å². The molecule has 1 aliphatic heterocycles. The number of furan rings is 1. The van der Waals surface area contributed by atoms with Crippen LogP contribution in [0, 0.1) is 5.92 Å². The van der Waals surface area contributed by atoms with E-state index in [1.54, 1.807) is 12.1 Å². The topological polar surface area (TPSA) is 153 Å². The van der Waals surface area contributed by atoms with Crippen LogP contribution in [0.3, 0.4) is 0 Å². The highest BCUT2D eigenvalue weighted by Crippen LogP contribution is 2.34. The van der Waals surface area contributed by atoms with Crippen LogP contribution in [-0.4, -0.2) is 71.5 Å². The van der Waals surface area contributed by atoms with Crippen LogP contribution in [0.25, 0.3) is 11.1 Å². The van der Waals surface area contributed by atoms with Crippen molar-refractivity contribution < 1.29 is 33.1 Å². The Morgan fingerprint density at radius 3 is 2.53 bits per heavy atom. The summed E-state index contributed by atoms with van der Waals surface area (Å²) in [6.45, 7) is 1.18. The minimum Gasteiger partial charge on any atom is -0.464 e. The van der Waals surface area contributed by atoms with Crippen LogP contribution in [0.15, 0.2) is 41.1 Å². The molecule has 0 aromatic carbocycles. The number of hydrogen-bond acceptors (Lipinski definition) is 9. The lowest BCUT2D eigenvalue weighted by Gasteiger charge is -2.38. The van der Waals surface area contributed by atoms with Crippen LogP contribution in [0.1, 0.15) is 46.7 Å². The molecule has 3 aromatic heterocycles. The van der Waals surface area contributed by atoms with E-state index in [-0.39, 0.29) is 58.6 Å². The number of anilines is 2. The number of esters is 1. The lowest BCUT2D eigenvalue weighted by molar-refractivity contribution is -0.146. The second-order valence-corrected chi connectivity index (χ2v) is 9.17. The maximum Gasteiger partial charge on any atom is 0.356 e. The molecule has 198 valence electrons. The second-order valence-electron chi connectivity index (χ2n) is 9.17. The summed E-state index contributed by atoms with van der Waals surface area (Å²) in [5.74, 6) is -2.05. The van der Waals surface area contributed by atoms with E-state index in [0.29, 0.717) is 44.5 Å². The van der Waals surface area contributed by atoms with Gasteiger partial charge in [-0.2, -0.15) is 0 Å². The van der Waals surface area contributed by atoms with Crippen molar-refractivity contribution in [2.75, 3.05) is 37.5 Å². The van der Waals surface area contributed by atoms with Crippen LogP contribution in [0.5, 0.6) is 0 Å². The van der Waals surface area contributed by atoms with Gasteiger partial charge in [0.05, 0.1) is 13.7 Å². The number of amides is 3. The lowest BCUT2D eigenvalue weighted by atomic mass is 9.84. The molecule has 2 aliphatic rings. The third-order valence-electron chi connectivity index (χ3n) is 6.85. The zero-order valence-electron chi connectivity index (χ0n) is 20.8. The molecule has 12 nitrogen and oxygen atoms in total. The van der Waals surface area contributed by atoms with E-state index in [2.05, 4.69) is 20.6 Å². The van der Waals surface area contributed by atoms with Gasteiger partial charge < -0.3 is 29.4 Å². The van der Waals surface area contributed by atoms with Gasteiger partial charge in [0.25, 0.3) is 5.91 Å². The molecule has 38 heavy (non-hydrogen) atoms. The highest BCUT2D eigenvalue weighted by molar-refractivity contribution is 6.14. The molecule has 0 unspecified atom stereocenters. The van der Waals surface area contributed by atoms with Crippen molar-refractivity contribution in [2.24, 2.45) is 5.92 Å². The van der Waals surface area contributed by atoms with E-state index < -0.39 is 11.9 Å². The average molecular weight is 522 g/mol. The van der Waals surface area contributed by atoms with Gasteiger partial charge in [0.2, 0.25) is 17.6 Å². The largest absolute Gasteiger partial charge is 0.464 e. The van der Waals surface area contributed by atoms with Crippen molar-refractivity contribution in [3.8, 4) is 0 Å². The SMILES string of the molecule is COC(=O)c1ccc2oc(C(=O)Nc3ccncc3)c(NC(=O)C3CCC(N4CCOCC4=O)CC3)c2n1. The predicted molar refractivity (Wildman–Crippen MR) is 134 cm³/mol. The Hall–Kier alpha value is -4.32. The third-order valence-corrected chi connectivity index (χ3v) is 6.85. The first-order valence-corrected chi connectivity index (χ1v) is 12.4. The minimum absolute atomic E-state index is 0.00748. The average Bonchev–Trinajstić information content (AvgIpc) is 3.31. The first kappa shape index (κ1) is 25.3. The van der Waals surface area contributed by atoms with Gasteiger partial charge in [0, 0.05) is 36.6 Å². The fraction of sp³-hybridized carbons (Fsp3) is 0.385. The van der Waals surface area contributed by atoms with Gasteiger partial charge in [-0.15, -0.1) is 0 Å². The van der Waals surface area contributed by atoms with Gasteiger partial charge >= 0.3 is 5.97 Å². The number of ether oxygens (including phenoxy) is 2. The number of morpholine rings is 1. The highest BCUT2D eigenvalue weighted by atomic mass is 16.5. The summed E-state index contributed by atoms with van der Waals surface area (Å²) in [5, 5.41) is 5.55. The predicted octanol–water partition coefficient (Wildman–Crippen LogP) is 2.62. The summed E-state index contributed by atoms with van der Waals surface area (Å²) in [7, 11) is 1.24. The standard InChI is InChI=1S/C26H27N5O7/c1-36-26(35)18-6-7-19-21(29-18)22(23(38-19)25(34)28-16-8-10-27-11-9-16)30-24(33)15-2-4-17(5-3-15)31-12-13-37-14-20(31)32/h6-11,15,17H,2-5,12-14H2,1H3,(H,30,33)(H,27,28,34). The van der Waals surface area contributed by atoms with Crippen molar-refractivity contribution in [3.63, 3.8) is 0 Å². The number of carbonyl (C=O) groups excluding carboxylic acids is 4. The fourth-order valence-corrected chi connectivity index (χ4v) is 4.88. The lowest BCUT2D eigenvalue weighted by Crippen LogP contribution is -2.49. The number of methoxy groups -OCH3 is 1. The normalized spacial score (nSPS) is 19.7. The number of hydrogen-bond donors (Lipinski definition) is 2. The molecule has 3 aromatic rings. The molecule has 12 heteroatoms. The molecule has 1 saturated heterocycles. The van der Waals surface area contributed by atoms with E-state index in [4.69, 9.17) is 13.9 Å². The molecule has 5 rings (SSSR count). The highest BCUT2D eigenvalue weighted by Gasteiger charge is 2.34. The number of fused-ring (bicyclic) bond motifs is 1. The summed E-state index contributed by atoms with van der Waals surface area (Å²) in [6, 6.07) is 6.23. The minimum atomic E-state index is -0.663. The summed E-state index contributed by atoms with van der Waals surface area (Å²) >= 11 is 0. The molecule has 1 aliphatic carbocycles. The molecule has 0 spiro atoms. The van der Waals surface area contributed by atoms with E-state index in [1.807, 2.05) is 4.90 Å². The zero-order chi connectivity index (χ0) is 26.6. The Balaban J connectivity index is 1.38. The Morgan fingerprint density at radius 1 is 1.05 bits per heavy atom. The van der Waals surface area contributed by atoms with Crippen LogP contribution < -0.4 is 10.6 Å². The molecular formula is C26H27N5O7. The maximum absolute atomic E-state index is 13.4. The van der Waals surface area contributed by atoms with Crippen LogP contribution in [0.2, 0.25) is 0 Å². The van der Waals surface area contributed by atoms with Crippen molar-refractivity contribution >= 4 is 46.2 Å². The van der Waals surface area contributed by atoms with E-state index in [1.165, 1.54) is 31.6 Å². The molecule has 3 amide bonds. The summed E-state index contributed by atoms with van der Waals surface area (Å²) in [5.41, 5.74) is 0.957. The van der Waals surface area contributed by atoms with Gasteiger partial charge in [-0.25, -0.2) is 9.78 Å². The number of nitrogens with one attached hydrogen (secondary N) is 2. The Bertz CT molecular complexity index is 1370. The zero-order valence-corrected chi connectivity index (χ0v) is 20.8. The van der Waals surface area contributed by atoms with Crippen molar-refractivity contribution in [3.05, 3.63) is 48.1 Å². The Morgan fingerprint density at radius 2 is 1.82 bits per heavy atom. The van der Waals surface area contributed by atoms with Crippen LogP contribution >= 0.6 is 0 Å². The first-order valence-electron chi connectivity index (χ1n) is 12.4. The molecular weight excluding hydrogens is 494 g/mol. The van der Waals surface area contributed by atoms with Gasteiger partial charge in [-0.3, -0.25) is 19.4 Å². The second kappa shape index (κ2) is 11.0. The van der Waals surface area contributed by atoms with Gasteiger partial charge in [-0.1, -0.05) is 0 Å². The maximum atomic E-state index is 13.4. The van der Waals surface area contributed by atoms with Crippen molar-refractivity contribution in [1.29, 1.82) is 0 Å². The van der Waals surface area contributed by atoms with Crippen LogP contribution in [-0.2, 0) is 19.1 Å². The fourth-order valence-electron chi connectivity index (χ4n) is 4.88. The number of aromatic nitrogens is 2. The number of rotatable bonds is 6. The molecule has 0 atom stereocenters. The molecule has 0 radical (unpaired) electrons. The molecule has 2 fully saturated rings. The van der Waals surface area contributed by atoms with Gasteiger partial charge in [0.15, 0.2) is 5.58 Å². The molecule has 2 N–H and O–H groups in total. The van der Waals surface area contributed by atoms with Crippen molar-refractivity contribution in [2.45, 2.75) is 31.7 Å². The number of nitrogens with zero attached hydrogens (tertiary/aromatic N) is 3. The molecule has 0 bridgehead atoms. The first-order chi connectivity index (χ1) is 18.4. The third kappa shape index (κ3) is 5.21. The smallest absolute Gasteiger partial charge is 0.356 e. The number of carbonyl (C=O) groups is 4. The quantitative estimate of drug-likeness (QED) is 0.466. The molecule has 4 heterocycles. The summed E-state index contributed by atoms with van der Waals surface area (Å²) < 4.78 is 15.8. The number of pyridine rings is 2. The van der Waals surface area contributed by atoms with Crippen LogP contribution in [0.4, 0.5) is 11.4 Å².